The Kier molecular flexibility index (Phi) is 5.81. The summed E-state index contributed by atoms with van der Waals surface area (Å²) >= 11 is 0. The van der Waals surface area contributed by atoms with Gasteiger partial charge in [0.05, 0.1) is 17.6 Å². The lowest BCUT2D eigenvalue weighted by atomic mass is 9.86. The van der Waals surface area contributed by atoms with Crippen molar-refractivity contribution in [2.75, 3.05) is 36.4 Å². The minimum atomic E-state index is -0.339. The smallest absolute Gasteiger partial charge is 0.162 e. The van der Waals surface area contributed by atoms with Gasteiger partial charge in [0.1, 0.15) is 17.9 Å². The number of aldehydes is 1. The molecule has 2 N–H and O–H groups in total. The first-order valence-electron chi connectivity index (χ1n) is 13.4. The molecule has 7 rings (SSSR count). The predicted octanol–water partition coefficient (Wildman–Crippen LogP) is 4.21. The minimum absolute atomic E-state index is 0.339. The first kappa shape index (κ1) is 23.0. The summed E-state index contributed by atoms with van der Waals surface area (Å²) in [5, 5.41) is 8.00. The number of piperazine rings is 1. The molecule has 4 heterocycles. The number of carbonyl (C=O) groups excluding carboxylic acids is 1. The molecule has 3 aliphatic rings. The molecule has 3 aromatic heterocycles. The Morgan fingerprint density at radius 3 is 2.74 bits per heavy atom. The quantitative estimate of drug-likeness (QED) is 0.378. The molecule has 0 spiro atoms. The molecule has 0 bridgehead atoms. The van der Waals surface area contributed by atoms with Gasteiger partial charge >= 0.3 is 0 Å². The normalized spacial score (nSPS) is 19.1. The van der Waals surface area contributed by atoms with Gasteiger partial charge in [0.15, 0.2) is 5.82 Å². The highest BCUT2D eigenvalue weighted by Crippen LogP contribution is 2.45. The second-order valence-electron chi connectivity index (χ2n) is 10.2. The Labute approximate surface area is 221 Å². The van der Waals surface area contributed by atoms with Crippen LogP contribution in [0.4, 0.5) is 11.6 Å². The molecule has 0 amide bonds. The van der Waals surface area contributed by atoms with Crippen molar-refractivity contribution in [3.63, 3.8) is 0 Å². The van der Waals surface area contributed by atoms with Crippen LogP contribution in [0.5, 0.6) is 0 Å². The summed E-state index contributed by atoms with van der Waals surface area (Å²) in [4.78, 5) is 33.7. The molecule has 1 aromatic carbocycles. The van der Waals surface area contributed by atoms with E-state index >= 15 is 0 Å². The van der Waals surface area contributed by atoms with Gasteiger partial charge in [-0.15, -0.1) is 0 Å². The van der Waals surface area contributed by atoms with E-state index in [4.69, 9.17) is 9.97 Å². The largest absolute Gasteiger partial charge is 0.353 e. The molecule has 8 nitrogen and oxygen atoms in total. The summed E-state index contributed by atoms with van der Waals surface area (Å²) < 4.78 is 0. The van der Waals surface area contributed by atoms with E-state index < -0.39 is 0 Å². The fourth-order valence-corrected chi connectivity index (χ4v) is 5.63. The average molecular weight is 504 g/mol. The average Bonchev–Trinajstić information content (AvgIpc) is 3.82. The van der Waals surface area contributed by atoms with E-state index in [0.29, 0.717) is 17.6 Å². The topological polar surface area (TPSA) is 95.9 Å². The van der Waals surface area contributed by atoms with E-state index in [1.807, 2.05) is 42.7 Å². The highest BCUT2D eigenvalue weighted by atomic mass is 16.1. The number of anilines is 2. The summed E-state index contributed by atoms with van der Waals surface area (Å²) in [6.07, 6.45) is 11.9. The summed E-state index contributed by atoms with van der Waals surface area (Å²) in [6, 6.07) is 12.0. The van der Waals surface area contributed by atoms with Gasteiger partial charge in [-0.25, -0.2) is 15.0 Å². The van der Waals surface area contributed by atoms with Gasteiger partial charge in [-0.2, -0.15) is 0 Å². The van der Waals surface area contributed by atoms with Crippen LogP contribution in [0.25, 0.3) is 22.3 Å². The molecule has 190 valence electrons. The molecule has 1 aliphatic heterocycles. The third-order valence-electron chi connectivity index (χ3n) is 7.74. The molecule has 38 heavy (non-hydrogen) atoms. The van der Waals surface area contributed by atoms with Crippen LogP contribution in [-0.4, -0.2) is 52.4 Å². The number of rotatable bonds is 6. The standard InChI is InChI=1S/C30H29N7O/c38-18-24-22-4-2-1-3-19(22)7-8-25(24)34-27-15-21(9-10-33-27)29-35-26-17-32-16-23(20-5-6-20)28(26)30(36-29)37-13-11-31-12-14-37/h1-4,8-10,15-18,20,24,31H,5-7,11-14H2,(H,33,34). The van der Waals surface area contributed by atoms with Crippen molar-refractivity contribution < 1.29 is 4.79 Å². The van der Waals surface area contributed by atoms with E-state index in [9.17, 15) is 4.79 Å². The van der Waals surface area contributed by atoms with Crippen molar-refractivity contribution in [3.05, 3.63) is 83.5 Å². The maximum atomic E-state index is 12.1. The van der Waals surface area contributed by atoms with Crippen LogP contribution in [-0.2, 0) is 11.2 Å². The summed E-state index contributed by atoms with van der Waals surface area (Å²) in [5.74, 6) is 2.53. The highest BCUT2D eigenvalue weighted by Gasteiger charge is 2.29. The van der Waals surface area contributed by atoms with Crippen molar-refractivity contribution in [1.29, 1.82) is 0 Å². The number of hydrogen-bond donors (Lipinski definition) is 2. The minimum Gasteiger partial charge on any atom is -0.353 e. The Hall–Kier alpha value is -4.17. The summed E-state index contributed by atoms with van der Waals surface area (Å²) in [7, 11) is 0. The Balaban J connectivity index is 1.26. The number of carbonyl (C=O) groups is 1. The maximum absolute atomic E-state index is 12.1. The molecule has 1 unspecified atom stereocenters. The number of nitrogens with one attached hydrogen (secondary N) is 2. The lowest BCUT2D eigenvalue weighted by molar-refractivity contribution is -0.108. The van der Waals surface area contributed by atoms with Gasteiger partial charge in [-0.3, -0.25) is 4.98 Å². The van der Waals surface area contributed by atoms with Crippen molar-refractivity contribution in [2.45, 2.75) is 31.1 Å². The van der Waals surface area contributed by atoms with Gasteiger partial charge < -0.3 is 20.3 Å². The predicted molar refractivity (Wildman–Crippen MR) is 148 cm³/mol. The van der Waals surface area contributed by atoms with Crippen LogP contribution >= 0.6 is 0 Å². The van der Waals surface area contributed by atoms with Crippen molar-refractivity contribution in [2.24, 2.45) is 0 Å². The van der Waals surface area contributed by atoms with Crippen molar-refractivity contribution in [3.8, 4) is 11.4 Å². The lowest BCUT2D eigenvalue weighted by Crippen LogP contribution is -2.44. The number of benzene rings is 1. The first-order chi connectivity index (χ1) is 18.8. The Bertz CT molecular complexity index is 1560. The molecule has 8 heteroatoms. The van der Waals surface area contributed by atoms with Gasteiger partial charge in [0.25, 0.3) is 0 Å². The van der Waals surface area contributed by atoms with Crippen LogP contribution in [0.1, 0.15) is 41.4 Å². The Morgan fingerprint density at radius 2 is 1.89 bits per heavy atom. The first-order valence-corrected chi connectivity index (χ1v) is 13.4. The lowest BCUT2D eigenvalue weighted by Gasteiger charge is -2.30. The molecule has 0 radical (unpaired) electrons. The fraction of sp³-hybridized carbons (Fsp3) is 0.300. The SMILES string of the molecule is O=CC1C(Nc2cc(-c3nc(N4CCNCC4)c4c(C5CC5)cncc4n3)ccn2)=CCc2ccccc21. The zero-order valence-electron chi connectivity index (χ0n) is 21.1. The molecule has 1 saturated carbocycles. The number of pyridine rings is 2. The number of aromatic nitrogens is 4. The van der Waals surface area contributed by atoms with Crippen LogP contribution in [0.3, 0.4) is 0 Å². The molecule has 1 saturated heterocycles. The second-order valence-corrected chi connectivity index (χ2v) is 10.2. The van der Waals surface area contributed by atoms with Gasteiger partial charge in [0.2, 0.25) is 0 Å². The van der Waals surface area contributed by atoms with Gasteiger partial charge in [-0.1, -0.05) is 30.3 Å². The summed E-state index contributed by atoms with van der Waals surface area (Å²) in [5.41, 5.74) is 6.10. The van der Waals surface area contributed by atoms with Crippen LogP contribution < -0.4 is 15.5 Å². The van der Waals surface area contributed by atoms with E-state index in [2.05, 4.69) is 37.6 Å². The number of nitrogens with zero attached hydrogens (tertiary/aromatic N) is 5. The van der Waals surface area contributed by atoms with Crippen molar-refractivity contribution in [1.82, 2.24) is 25.3 Å². The van der Waals surface area contributed by atoms with E-state index in [-0.39, 0.29) is 5.92 Å². The van der Waals surface area contributed by atoms with E-state index in [0.717, 1.165) is 72.4 Å². The fourth-order valence-electron chi connectivity index (χ4n) is 5.63. The third kappa shape index (κ3) is 4.20. The molecular weight excluding hydrogens is 474 g/mol. The molecular formula is C30H29N7O. The number of fused-ring (bicyclic) bond motifs is 2. The Morgan fingerprint density at radius 1 is 1.03 bits per heavy atom. The molecule has 2 fully saturated rings. The van der Waals surface area contributed by atoms with Gasteiger partial charge in [-0.05, 0) is 54.0 Å². The van der Waals surface area contributed by atoms with Gasteiger partial charge in [0, 0.05) is 55.2 Å². The monoisotopic (exact) mass is 503 g/mol. The van der Waals surface area contributed by atoms with E-state index in [1.54, 1.807) is 6.20 Å². The summed E-state index contributed by atoms with van der Waals surface area (Å²) in [6.45, 7) is 3.68. The maximum Gasteiger partial charge on any atom is 0.162 e. The van der Waals surface area contributed by atoms with Crippen LogP contribution in [0.2, 0.25) is 0 Å². The number of allylic oxidation sites excluding steroid dienone is 2. The van der Waals surface area contributed by atoms with E-state index in [1.165, 1.54) is 24.0 Å². The van der Waals surface area contributed by atoms with Crippen molar-refractivity contribution >= 4 is 28.8 Å². The zero-order chi connectivity index (χ0) is 25.5. The second kappa shape index (κ2) is 9.61. The highest BCUT2D eigenvalue weighted by molar-refractivity contribution is 5.94. The third-order valence-corrected chi connectivity index (χ3v) is 7.74. The molecule has 4 aromatic rings. The van der Waals surface area contributed by atoms with Crippen LogP contribution in [0.15, 0.2) is 66.8 Å². The molecule has 2 aliphatic carbocycles. The number of hydrogen-bond acceptors (Lipinski definition) is 8. The van der Waals surface area contributed by atoms with Crippen LogP contribution in [0, 0.1) is 0 Å². The molecule has 1 atom stereocenters. The zero-order valence-corrected chi connectivity index (χ0v) is 21.1.